The summed E-state index contributed by atoms with van der Waals surface area (Å²) in [5.74, 6) is 1.47. The number of likely N-dealkylation sites (tertiary alicyclic amines) is 1. The maximum Gasteiger partial charge on any atom is 0.416 e. The Labute approximate surface area is 252 Å². The predicted molar refractivity (Wildman–Crippen MR) is 160 cm³/mol. The number of alkyl halides is 3. The van der Waals surface area contributed by atoms with Crippen molar-refractivity contribution in [3.8, 4) is 5.75 Å². The van der Waals surface area contributed by atoms with Crippen molar-refractivity contribution < 1.29 is 22.7 Å². The first-order valence-electron chi connectivity index (χ1n) is 13.8. The van der Waals surface area contributed by atoms with Crippen LogP contribution in [0, 0.1) is 5.92 Å². The number of Topliss-reactive ketones (excluding diaryl/α,β-unsaturated/α-hetero) is 1. The molecular formula is C32H37Cl2F3N2O2. The van der Waals surface area contributed by atoms with Crippen molar-refractivity contribution in [1.29, 1.82) is 0 Å². The molecule has 2 aliphatic rings. The molecule has 5 rings (SSSR count). The van der Waals surface area contributed by atoms with Gasteiger partial charge in [-0.25, -0.2) is 0 Å². The second-order valence-corrected chi connectivity index (χ2v) is 10.7. The Hall–Kier alpha value is -2.58. The Kier molecular flexibility index (Phi) is 12.1. The van der Waals surface area contributed by atoms with E-state index in [1.807, 2.05) is 24.3 Å². The zero-order chi connectivity index (χ0) is 27.2. The molecule has 9 heteroatoms. The number of carbonyl (C=O) groups excluding carboxylic acids is 1. The summed E-state index contributed by atoms with van der Waals surface area (Å²) in [5, 5.41) is 0. The van der Waals surface area contributed by atoms with E-state index in [1.165, 1.54) is 17.7 Å². The van der Waals surface area contributed by atoms with Gasteiger partial charge in [0, 0.05) is 43.7 Å². The minimum atomic E-state index is -4.32. The van der Waals surface area contributed by atoms with E-state index in [1.54, 1.807) is 6.07 Å². The first-order chi connectivity index (χ1) is 18.8. The molecule has 0 bridgehead atoms. The molecule has 0 N–H and O–H groups in total. The predicted octanol–water partition coefficient (Wildman–Crippen LogP) is 7.82. The number of piperidine rings is 1. The number of ketones is 1. The van der Waals surface area contributed by atoms with E-state index in [9.17, 15) is 18.0 Å². The topological polar surface area (TPSA) is 32.8 Å². The summed E-state index contributed by atoms with van der Waals surface area (Å²) in [5.41, 5.74) is 3.14. The number of fused-ring (bicyclic) bond motifs is 1. The molecule has 1 fully saturated rings. The highest BCUT2D eigenvalue weighted by Crippen LogP contribution is 2.31. The lowest BCUT2D eigenvalue weighted by Gasteiger charge is -2.32. The van der Waals surface area contributed by atoms with E-state index >= 15 is 0 Å². The Balaban J connectivity index is 0.00000231. The van der Waals surface area contributed by atoms with Gasteiger partial charge < -0.3 is 4.74 Å². The first-order valence-corrected chi connectivity index (χ1v) is 13.8. The number of hydrogen-bond acceptors (Lipinski definition) is 4. The number of rotatable bonds is 8. The number of ether oxygens (including phenoxy) is 1. The van der Waals surface area contributed by atoms with Crippen molar-refractivity contribution in [2.45, 2.75) is 51.5 Å². The van der Waals surface area contributed by atoms with Crippen LogP contribution in [0.3, 0.4) is 0 Å². The largest absolute Gasteiger partial charge is 0.492 e. The Morgan fingerprint density at radius 2 is 1.54 bits per heavy atom. The molecule has 0 radical (unpaired) electrons. The average Bonchev–Trinajstić information content (AvgIpc) is 3.14. The average molecular weight is 610 g/mol. The summed E-state index contributed by atoms with van der Waals surface area (Å²) in [7, 11) is 0. The molecule has 0 aromatic heterocycles. The van der Waals surface area contributed by atoms with Gasteiger partial charge in [0.2, 0.25) is 0 Å². The quantitative estimate of drug-likeness (QED) is 0.244. The summed E-state index contributed by atoms with van der Waals surface area (Å²) in [6.07, 6.45) is -1.06. The highest BCUT2D eigenvalue weighted by molar-refractivity contribution is 5.96. The van der Waals surface area contributed by atoms with E-state index in [0.29, 0.717) is 31.1 Å². The highest BCUT2D eigenvalue weighted by atomic mass is 35.5. The van der Waals surface area contributed by atoms with Gasteiger partial charge in [0.25, 0.3) is 0 Å². The van der Waals surface area contributed by atoms with Gasteiger partial charge in [-0.1, -0.05) is 48.5 Å². The van der Waals surface area contributed by atoms with Crippen LogP contribution in [0.25, 0.3) is 0 Å². The van der Waals surface area contributed by atoms with E-state index in [2.05, 4.69) is 34.1 Å². The SMILES string of the molecule is Cl.Cl.O=C(CCC1CCN(Cc2cccc(C(F)(F)F)c2)CC1)c1ccc2c(c1)CN(Cc1ccccc1)CCO2. The number of carbonyl (C=O) groups is 1. The van der Waals surface area contributed by atoms with Crippen molar-refractivity contribution in [3.63, 3.8) is 0 Å². The molecule has 3 aromatic carbocycles. The van der Waals surface area contributed by atoms with Crippen LogP contribution >= 0.6 is 24.8 Å². The maximum atomic E-state index is 13.1. The standard InChI is InChI=1S/C32H35F3N2O2.2ClH/c33-32(34,35)29-8-4-7-26(19-29)22-36-15-13-24(14-16-36)9-11-30(38)27-10-12-31-28(20-27)23-37(17-18-39-31)21-25-5-2-1-3-6-25;;/h1-8,10,12,19-20,24H,9,11,13-18,21-23H2;2*1H. The van der Waals surface area contributed by atoms with E-state index in [0.717, 1.165) is 74.9 Å². The van der Waals surface area contributed by atoms with Crippen LogP contribution in [0.5, 0.6) is 5.75 Å². The maximum absolute atomic E-state index is 13.1. The van der Waals surface area contributed by atoms with Gasteiger partial charge in [0.1, 0.15) is 12.4 Å². The van der Waals surface area contributed by atoms with Crippen LogP contribution < -0.4 is 4.74 Å². The number of halogens is 5. The second kappa shape index (κ2) is 15.1. The summed E-state index contributed by atoms with van der Waals surface area (Å²) >= 11 is 0. The van der Waals surface area contributed by atoms with Gasteiger partial charge >= 0.3 is 6.18 Å². The van der Waals surface area contributed by atoms with Crippen LogP contribution in [0.15, 0.2) is 72.8 Å². The zero-order valence-corrected chi connectivity index (χ0v) is 24.6. The molecule has 0 aliphatic carbocycles. The minimum absolute atomic E-state index is 0. The van der Waals surface area contributed by atoms with Crippen LogP contribution in [-0.4, -0.2) is 41.8 Å². The third-order valence-corrected chi connectivity index (χ3v) is 7.84. The van der Waals surface area contributed by atoms with Gasteiger partial charge in [0.15, 0.2) is 5.78 Å². The van der Waals surface area contributed by atoms with Crippen LogP contribution in [0.4, 0.5) is 13.2 Å². The Bertz CT molecular complexity index is 1270. The molecule has 4 nitrogen and oxygen atoms in total. The van der Waals surface area contributed by atoms with Gasteiger partial charge in [-0.3, -0.25) is 14.6 Å². The summed E-state index contributed by atoms with van der Waals surface area (Å²) in [6, 6.07) is 21.8. The highest BCUT2D eigenvalue weighted by Gasteiger charge is 2.30. The fourth-order valence-electron chi connectivity index (χ4n) is 5.62. The van der Waals surface area contributed by atoms with E-state index < -0.39 is 11.7 Å². The molecule has 2 heterocycles. The molecular weight excluding hydrogens is 572 g/mol. The molecule has 0 spiro atoms. The van der Waals surface area contributed by atoms with Gasteiger partial charge in [0.05, 0.1) is 5.56 Å². The molecule has 41 heavy (non-hydrogen) atoms. The van der Waals surface area contributed by atoms with Crippen molar-refractivity contribution in [2.24, 2.45) is 5.92 Å². The molecule has 1 saturated heterocycles. The molecule has 222 valence electrons. The Morgan fingerprint density at radius 3 is 2.27 bits per heavy atom. The van der Waals surface area contributed by atoms with Gasteiger partial charge in [-0.05, 0) is 73.7 Å². The molecule has 0 unspecified atom stereocenters. The summed E-state index contributed by atoms with van der Waals surface area (Å²) in [4.78, 5) is 17.7. The lowest BCUT2D eigenvalue weighted by molar-refractivity contribution is -0.137. The van der Waals surface area contributed by atoms with Crippen molar-refractivity contribution in [3.05, 3.63) is 101 Å². The zero-order valence-electron chi connectivity index (χ0n) is 22.9. The van der Waals surface area contributed by atoms with Crippen molar-refractivity contribution >= 4 is 30.6 Å². The fourth-order valence-corrected chi connectivity index (χ4v) is 5.62. The lowest BCUT2D eigenvalue weighted by Crippen LogP contribution is -2.33. The van der Waals surface area contributed by atoms with E-state index in [4.69, 9.17) is 4.74 Å². The number of nitrogens with zero attached hydrogens (tertiary/aromatic N) is 2. The normalized spacial score (nSPS) is 16.5. The third-order valence-electron chi connectivity index (χ3n) is 7.84. The van der Waals surface area contributed by atoms with Crippen molar-refractivity contribution in [2.75, 3.05) is 26.2 Å². The third kappa shape index (κ3) is 9.20. The second-order valence-electron chi connectivity index (χ2n) is 10.7. The number of benzene rings is 3. The van der Waals surface area contributed by atoms with Crippen LogP contribution in [-0.2, 0) is 25.8 Å². The fraction of sp³-hybridized carbons (Fsp3) is 0.406. The first kappa shape index (κ1) is 32.9. The summed E-state index contributed by atoms with van der Waals surface area (Å²) in [6.45, 7) is 5.24. The van der Waals surface area contributed by atoms with Crippen LogP contribution in [0.2, 0.25) is 0 Å². The lowest BCUT2D eigenvalue weighted by atomic mass is 9.90. The monoisotopic (exact) mass is 608 g/mol. The Morgan fingerprint density at radius 1 is 0.829 bits per heavy atom. The van der Waals surface area contributed by atoms with Gasteiger partial charge in [-0.15, -0.1) is 24.8 Å². The summed E-state index contributed by atoms with van der Waals surface area (Å²) < 4.78 is 45.0. The molecule has 0 saturated carbocycles. The molecule has 0 atom stereocenters. The van der Waals surface area contributed by atoms with Crippen LogP contribution in [0.1, 0.15) is 58.3 Å². The minimum Gasteiger partial charge on any atom is -0.492 e. The molecule has 0 amide bonds. The van der Waals surface area contributed by atoms with E-state index in [-0.39, 0.29) is 30.6 Å². The molecule has 2 aliphatic heterocycles. The van der Waals surface area contributed by atoms with Crippen molar-refractivity contribution in [1.82, 2.24) is 9.80 Å². The molecule has 3 aromatic rings. The van der Waals surface area contributed by atoms with Gasteiger partial charge in [-0.2, -0.15) is 13.2 Å². The smallest absolute Gasteiger partial charge is 0.416 e. The number of hydrogen-bond donors (Lipinski definition) is 0.